The third-order valence-corrected chi connectivity index (χ3v) is 6.62. The Morgan fingerprint density at radius 1 is 0.968 bits per heavy atom. The standard InChI is InChI=1S/C25H36N2O2.2ClH/c1-19-18-27(3)20(2)16-25(19,17-22-9-7-6-8-10-22)26-14-13-21-11-12-23(28-4)24(15-21)29-5;;/h6-12,15,19-20,26H,13-14,16-18H2,1-5H3;2*1H. The van der Waals surface area contributed by atoms with Crippen LogP contribution in [0.5, 0.6) is 11.5 Å². The monoisotopic (exact) mass is 468 g/mol. The molecule has 2 aromatic carbocycles. The van der Waals surface area contributed by atoms with Gasteiger partial charge < -0.3 is 19.7 Å². The molecule has 0 radical (unpaired) electrons. The summed E-state index contributed by atoms with van der Waals surface area (Å²) >= 11 is 0. The molecular formula is C25H38Cl2N2O2. The molecule has 1 saturated heterocycles. The minimum atomic E-state index is 0. The number of likely N-dealkylation sites (tertiary alicyclic amines) is 1. The van der Waals surface area contributed by atoms with Gasteiger partial charge in [0.1, 0.15) is 0 Å². The van der Waals surface area contributed by atoms with Crippen LogP contribution in [0.2, 0.25) is 0 Å². The predicted molar refractivity (Wildman–Crippen MR) is 134 cm³/mol. The van der Waals surface area contributed by atoms with Crippen LogP contribution >= 0.6 is 24.8 Å². The van der Waals surface area contributed by atoms with Crippen LogP contribution < -0.4 is 14.8 Å². The molecule has 3 atom stereocenters. The zero-order valence-electron chi connectivity index (χ0n) is 19.4. The minimum Gasteiger partial charge on any atom is -0.493 e. The second-order valence-electron chi connectivity index (χ2n) is 8.58. The molecule has 1 aliphatic heterocycles. The van der Waals surface area contributed by atoms with Gasteiger partial charge in [-0.25, -0.2) is 0 Å². The highest BCUT2D eigenvalue weighted by atomic mass is 35.5. The Morgan fingerprint density at radius 3 is 2.29 bits per heavy atom. The van der Waals surface area contributed by atoms with Gasteiger partial charge in [0.2, 0.25) is 0 Å². The number of piperidine rings is 1. The number of halogens is 2. The fraction of sp³-hybridized carbons (Fsp3) is 0.520. The zero-order chi connectivity index (χ0) is 20.9. The summed E-state index contributed by atoms with van der Waals surface area (Å²) in [5.41, 5.74) is 2.79. The highest BCUT2D eigenvalue weighted by molar-refractivity contribution is 5.85. The summed E-state index contributed by atoms with van der Waals surface area (Å²) in [6.07, 6.45) is 3.19. The third-order valence-electron chi connectivity index (χ3n) is 6.62. The first kappa shape index (κ1) is 27.6. The molecule has 3 rings (SSSR count). The zero-order valence-corrected chi connectivity index (χ0v) is 21.0. The van der Waals surface area contributed by atoms with Crippen molar-refractivity contribution < 1.29 is 9.47 Å². The number of nitrogens with one attached hydrogen (secondary N) is 1. The summed E-state index contributed by atoms with van der Waals surface area (Å²) in [4.78, 5) is 2.49. The molecule has 0 bridgehead atoms. The Balaban J connectivity index is 0.00000240. The first-order valence-corrected chi connectivity index (χ1v) is 10.7. The van der Waals surface area contributed by atoms with E-state index in [1.165, 1.54) is 11.1 Å². The number of hydrogen-bond acceptors (Lipinski definition) is 4. The van der Waals surface area contributed by atoms with Crippen LogP contribution in [0.15, 0.2) is 48.5 Å². The van der Waals surface area contributed by atoms with E-state index in [1.807, 2.05) is 6.07 Å². The van der Waals surface area contributed by atoms with Crippen LogP contribution in [0.1, 0.15) is 31.4 Å². The van der Waals surface area contributed by atoms with Gasteiger partial charge in [0.25, 0.3) is 0 Å². The van der Waals surface area contributed by atoms with Crippen LogP contribution in [0, 0.1) is 5.92 Å². The van der Waals surface area contributed by atoms with Crippen molar-refractivity contribution in [3.8, 4) is 11.5 Å². The molecule has 6 heteroatoms. The van der Waals surface area contributed by atoms with Crippen molar-refractivity contribution in [3.05, 3.63) is 59.7 Å². The maximum absolute atomic E-state index is 5.46. The van der Waals surface area contributed by atoms with Gasteiger partial charge in [0, 0.05) is 18.1 Å². The number of rotatable bonds is 8. The topological polar surface area (TPSA) is 33.7 Å². The lowest BCUT2D eigenvalue weighted by Crippen LogP contribution is -2.62. The van der Waals surface area contributed by atoms with Crippen LogP contribution in [0.3, 0.4) is 0 Å². The van der Waals surface area contributed by atoms with E-state index >= 15 is 0 Å². The summed E-state index contributed by atoms with van der Waals surface area (Å²) in [5.74, 6) is 2.15. The molecule has 0 saturated carbocycles. The SMILES string of the molecule is COc1ccc(CCNC2(Cc3ccccc3)CC(C)N(C)CC2C)cc1OC.Cl.Cl. The average Bonchev–Trinajstić information content (AvgIpc) is 2.73. The summed E-state index contributed by atoms with van der Waals surface area (Å²) in [7, 11) is 5.61. The van der Waals surface area contributed by atoms with E-state index in [2.05, 4.69) is 73.6 Å². The van der Waals surface area contributed by atoms with E-state index in [1.54, 1.807) is 14.2 Å². The Morgan fingerprint density at radius 2 is 1.65 bits per heavy atom. The molecule has 0 aliphatic carbocycles. The molecule has 31 heavy (non-hydrogen) atoms. The third kappa shape index (κ3) is 6.76. The smallest absolute Gasteiger partial charge is 0.160 e. The van der Waals surface area contributed by atoms with Gasteiger partial charge in [-0.05, 0) is 69.0 Å². The number of nitrogens with zero attached hydrogens (tertiary/aromatic N) is 1. The molecule has 0 amide bonds. The van der Waals surface area contributed by atoms with Gasteiger partial charge in [-0.3, -0.25) is 0 Å². The number of methoxy groups -OCH3 is 2. The quantitative estimate of drug-likeness (QED) is 0.589. The van der Waals surface area contributed by atoms with E-state index in [0.29, 0.717) is 12.0 Å². The Kier molecular flexibility index (Phi) is 11.2. The summed E-state index contributed by atoms with van der Waals surface area (Å²) < 4.78 is 10.8. The van der Waals surface area contributed by atoms with Gasteiger partial charge in [-0.15, -0.1) is 24.8 Å². The Bertz CT molecular complexity index is 790. The molecule has 174 valence electrons. The van der Waals surface area contributed by atoms with Gasteiger partial charge >= 0.3 is 0 Å². The van der Waals surface area contributed by atoms with Crippen molar-refractivity contribution in [1.29, 1.82) is 0 Å². The minimum absolute atomic E-state index is 0. The lowest BCUT2D eigenvalue weighted by atomic mass is 9.72. The summed E-state index contributed by atoms with van der Waals surface area (Å²) in [6, 6.07) is 17.7. The first-order chi connectivity index (χ1) is 14.0. The van der Waals surface area contributed by atoms with Crippen molar-refractivity contribution in [1.82, 2.24) is 10.2 Å². The second kappa shape index (κ2) is 12.5. The molecule has 0 aromatic heterocycles. The molecule has 2 aromatic rings. The Hall–Kier alpha value is -1.46. The fourth-order valence-corrected chi connectivity index (χ4v) is 4.68. The van der Waals surface area contributed by atoms with Crippen LogP contribution in [-0.2, 0) is 12.8 Å². The van der Waals surface area contributed by atoms with Crippen LogP contribution in [0.4, 0.5) is 0 Å². The van der Waals surface area contributed by atoms with E-state index in [4.69, 9.17) is 9.47 Å². The molecule has 1 heterocycles. The number of ether oxygens (including phenoxy) is 2. The molecule has 4 nitrogen and oxygen atoms in total. The van der Waals surface area contributed by atoms with Crippen LogP contribution in [0.25, 0.3) is 0 Å². The van der Waals surface area contributed by atoms with E-state index in [0.717, 1.165) is 43.9 Å². The highest BCUT2D eigenvalue weighted by Crippen LogP contribution is 2.34. The molecular weight excluding hydrogens is 431 g/mol. The maximum atomic E-state index is 5.46. The predicted octanol–water partition coefficient (Wildman–Crippen LogP) is 5.02. The fourth-order valence-electron chi connectivity index (χ4n) is 4.68. The lowest BCUT2D eigenvalue weighted by Gasteiger charge is -2.50. The Labute approximate surface area is 200 Å². The van der Waals surface area contributed by atoms with Gasteiger partial charge in [-0.1, -0.05) is 43.3 Å². The van der Waals surface area contributed by atoms with Crippen molar-refractivity contribution in [3.63, 3.8) is 0 Å². The largest absolute Gasteiger partial charge is 0.493 e. The van der Waals surface area contributed by atoms with Crippen molar-refractivity contribution >= 4 is 24.8 Å². The van der Waals surface area contributed by atoms with Gasteiger partial charge in [0.15, 0.2) is 11.5 Å². The number of benzene rings is 2. The molecule has 1 fully saturated rings. The maximum Gasteiger partial charge on any atom is 0.160 e. The first-order valence-electron chi connectivity index (χ1n) is 10.7. The normalized spacial score (nSPS) is 23.4. The lowest BCUT2D eigenvalue weighted by molar-refractivity contribution is 0.0547. The van der Waals surface area contributed by atoms with E-state index in [9.17, 15) is 0 Å². The molecule has 3 unspecified atom stereocenters. The summed E-state index contributed by atoms with van der Waals surface area (Å²) in [5, 5.41) is 4.00. The average molecular weight is 469 g/mol. The van der Waals surface area contributed by atoms with Crippen molar-refractivity contribution in [2.24, 2.45) is 5.92 Å². The molecule has 1 N–H and O–H groups in total. The highest BCUT2D eigenvalue weighted by Gasteiger charge is 2.42. The number of hydrogen-bond donors (Lipinski definition) is 1. The van der Waals surface area contributed by atoms with Crippen molar-refractivity contribution in [2.45, 2.75) is 44.7 Å². The summed E-state index contributed by atoms with van der Waals surface area (Å²) in [6.45, 7) is 6.82. The molecule has 0 spiro atoms. The van der Waals surface area contributed by atoms with E-state index < -0.39 is 0 Å². The van der Waals surface area contributed by atoms with Crippen molar-refractivity contribution in [2.75, 3.05) is 34.4 Å². The van der Waals surface area contributed by atoms with Gasteiger partial charge in [-0.2, -0.15) is 0 Å². The molecule has 1 aliphatic rings. The van der Waals surface area contributed by atoms with Crippen LogP contribution in [-0.4, -0.2) is 50.8 Å². The van der Waals surface area contributed by atoms with Gasteiger partial charge in [0.05, 0.1) is 14.2 Å². The second-order valence-corrected chi connectivity index (χ2v) is 8.58. The van der Waals surface area contributed by atoms with E-state index in [-0.39, 0.29) is 30.4 Å².